The molecule has 0 atom stereocenters. The van der Waals surface area contributed by atoms with Crippen LogP contribution < -0.4 is 0 Å². The molecule has 0 aromatic rings. The third-order valence-electron chi connectivity index (χ3n) is 1.98. The van der Waals surface area contributed by atoms with Crippen molar-refractivity contribution in [1.29, 1.82) is 0 Å². The molecule has 0 spiro atoms. The first-order valence-electron chi connectivity index (χ1n) is 5.23. The van der Waals surface area contributed by atoms with Crippen LogP contribution in [0.1, 0.15) is 25.7 Å². The number of hydrogen-bond donors (Lipinski definition) is 0. The Kier molecular flexibility index (Phi) is 6.39. The minimum atomic E-state index is 1.16. The molecule has 0 aliphatic heterocycles. The van der Waals surface area contributed by atoms with Crippen LogP contribution in [-0.4, -0.2) is 0 Å². The predicted molar refractivity (Wildman–Crippen MR) is 62.8 cm³/mol. The van der Waals surface area contributed by atoms with Gasteiger partial charge in [-0.15, -0.1) is 0 Å². The Labute approximate surface area is 87.0 Å². The summed E-state index contributed by atoms with van der Waals surface area (Å²) in [6.07, 6.45) is 26.5. The van der Waals surface area contributed by atoms with E-state index in [1.807, 2.05) is 30.4 Å². The van der Waals surface area contributed by atoms with Crippen LogP contribution in [0.15, 0.2) is 54.7 Å². The maximum Gasteiger partial charge on any atom is -0.0187 e. The van der Waals surface area contributed by atoms with Gasteiger partial charge in [0.2, 0.25) is 0 Å². The van der Waals surface area contributed by atoms with Crippen LogP contribution in [0.4, 0.5) is 0 Å². The minimum Gasteiger partial charge on any atom is -0.0845 e. The molecule has 0 saturated carbocycles. The van der Waals surface area contributed by atoms with Gasteiger partial charge in [-0.1, -0.05) is 54.7 Å². The van der Waals surface area contributed by atoms with Gasteiger partial charge in [-0.25, -0.2) is 0 Å². The summed E-state index contributed by atoms with van der Waals surface area (Å²) in [6, 6.07) is 0. The Bertz CT molecular complexity index is 234. The zero-order chi connectivity index (χ0) is 9.90. The molecule has 0 amide bonds. The van der Waals surface area contributed by atoms with Crippen molar-refractivity contribution < 1.29 is 0 Å². The van der Waals surface area contributed by atoms with Crippen LogP contribution in [0, 0.1) is 6.08 Å². The van der Waals surface area contributed by atoms with E-state index in [-0.39, 0.29) is 0 Å². The van der Waals surface area contributed by atoms with Crippen molar-refractivity contribution in [1.82, 2.24) is 0 Å². The summed E-state index contributed by atoms with van der Waals surface area (Å²) in [5.41, 5.74) is 0. The molecule has 14 heavy (non-hydrogen) atoms. The lowest BCUT2D eigenvalue weighted by Gasteiger charge is -1.91. The summed E-state index contributed by atoms with van der Waals surface area (Å²) in [5.74, 6) is 0. The SMILES string of the molecule is [C]1=C/C=C\C=C\C=C/CCCC/C=C/1. The molecule has 1 radical (unpaired) electrons. The Morgan fingerprint density at radius 3 is 2.36 bits per heavy atom. The average Bonchev–Trinajstić information content (AvgIpc) is 2.22. The fourth-order valence-electron chi connectivity index (χ4n) is 1.21. The maximum absolute atomic E-state index is 3.09. The van der Waals surface area contributed by atoms with E-state index in [1.54, 1.807) is 0 Å². The predicted octanol–water partition coefficient (Wildman–Crippen LogP) is 4.14. The van der Waals surface area contributed by atoms with Gasteiger partial charge in [0, 0.05) is 0 Å². The third-order valence-corrected chi connectivity index (χ3v) is 1.98. The second-order valence-corrected chi connectivity index (χ2v) is 3.22. The Morgan fingerprint density at radius 2 is 1.43 bits per heavy atom. The highest BCUT2D eigenvalue weighted by Gasteiger charge is 1.82. The molecule has 0 heteroatoms. The smallest absolute Gasteiger partial charge is 0.0187 e. The van der Waals surface area contributed by atoms with Crippen LogP contribution in [-0.2, 0) is 0 Å². The molecule has 0 fully saturated rings. The van der Waals surface area contributed by atoms with Crippen molar-refractivity contribution in [2.24, 2.45) is 0 Å². The zero-order valence-electron chi connectivity index (χ0n) is 8.52. The third kappa shape index (κ3) is 6.24. The minimum absolute atomic E-state index is 1.16. The molecule has 0 N–H and O–H groups in total. The monoisotopic (exact) mass is 185 g/mol. The van der Waals surface area contributed by atoms with E-state index in [0.29, 0.717) is 0 Å². The van der Waals surface area contributed by atoms with Crippen molar-refractivity contribution in [3.05, 3.63) is 60.8 Å². The van der Waals surface area contributed by atoms with Gasteiger partial charge in [-0.05, 0) is 31.8 Å². The van der Waals surface area contributed by atoms with Gasteiger partial charge in [0.1, 0.15) is 0 Å². The lowest BCUT2D eigenvalue weighted by molar-refractivity contribution is 0.762. The normalized spacial score (nSPS) is 29.7. The second-order valence-electron chi connectivity index (χ2n) is 3.22. The number of hydrogen-bond acceptors (Lipinski definition) is 0. The molecule has 0 bridgehead atoms. The highest BCUT2D eigenvalue weighted by molar-refractivity contribution is 5.15. The molecule has 0 aromatic heterocycles. The molecule has 73 valence electrons. The highest BCUT2D eigenvalue weighted by atomic mass is 13.9. The molecule has 1 rings (SSSR count). The summed E-state index contributed by atoms with van der Waals surface area (Å²) >= 11 is 0. The summed E-state index contributed by atoms with van der Waals surface area (Å²) in [6.45, 7) is 0. The van der Waals surface area contributed by atoms with Crippen LogP contribution in [0.3, 0.4) is 0 Å². The van der Waals surface area contributed by atoms with Crippen molar-refractivity contribution in [3.8, 4) is 0 Å². The van der Waals surface area contributed by atoms with Crippen LogP contribution in [0.5, 0.6) is 0 Å². The fourth-order valence-corrected chi connectivity index (χ4v) is 1.21. The molecular weight excluding hydrogens is 168 g/mol. The van der Waals surface area contributed by atoms with Crippen LogP contribution in [0.25, 0.3) is 0 Å². The zero-order valence-corrected chi connectivity index (χ0v) is 8.52. The van der Waals surface area contributed by atoms with Gasteiger partial charge < -0.3 is 0 Å². The lowest BCUT2D eigenvalue weighted by atomic mass is 10.1. The molecule has 1 aliphatic rings. The van der Waals surface area contributed by atoms with Crippen LogP contribution in [0.2, 0.25) is 0 Å². The van der Waals surface area contributed by atoms with Crippen LogP contribution >= 0.6 is 0 Å². The first kappa shape index (κ1) is 10.8. The largest absolute Gasteiger partial charge is 0.0845 e. The van der Waals surface area contributed by atoms with E-state index in [1.165, 1.54) is 19.3 Å². The van der Waals surface area contributed by atoms with Gasteiger partial charge in [-0.2, -0.15) is 0 Å². The Morgan fingerprint density at radius 1 is 0.714 bits per heavy atom. The maximum atomic E-state index is 3.09. The quantitative estimate of drug-likeness (QED) is 0.532. The summed E-state index contributed by atoms with van der Waals surface area (Å²) in [5, 5.41) is 0. The topological polar surface area (TPSA) is 0 Å². The second kappa shape index (κ2) is 8.31. The lowest BCUT2D eigenvalue weighted by Crippen LogP contribution is -1.72. The van der Waals surface area contributed by atoms with Gasteiger partial charge in [0.05, 0.1) is 0 Å². The van der Waals surface area contributed by atoms with E-state index in [4.69, 9.17) is 0 Å². The van der Waals surface area contributed by atoms with E-state index in [2.05, 4.69) is 30.4 Å². The first-order chi connectivity index (χ1) is 7.00. The molecule has 0 unspecified atom stereocenters. The van der Waals surface area contributed by atoms with E-state index in [0.717, 1.165) is 6.42 Å². The molecule has 0 nitrogen and oxygen atoms in total. The molecule has 0 aromatic carbocycles. The first-order valence-corrected chi connectivity index (χ1v) is 5.23. The summed E-state index contributed by atoms with van der Waals surface area (Å²) in [7, 11) is 0. The summed E-state index contributed by atoms with van der Waals surface area (Å²) in [4.78, 5) is 0. The van der Waals surface area contributed by atoms with Crippen molar-refractivity contribution in [3.63, 3.8) is 0 Å². The van der Waals surface area contributed by atoms with Crippen molar-refractivity contribution in [2.45, 2.75) is 25.7 Å². The van der Waals surface area contributed by atoms with Crippen molar-refractivity contribution >= 4 is 0 Å². The van der Waals surface area contributed by atoms with E-state index < -0.39 is 0 Å². The van der Waals surface area contributed by atoms with Gasteiger partial charge in [-0.3, -0.25) is 0 Å². The molecule has 0 heterocycles. The molecule has 0 saturated heterocycles. The Balaban J connectivity index is 2.46. The number of rotatable bonds is 0. The fraction of sp³-hybridized carbons (Fsp3) is 0.286. The molecular formula is C14H17. The standard InChI is InChI=1S/C14H17/c1-2-4-6-8-10-12-14-13-11-9-7-5-3-1/h1-7,11,13H,8,10,12,14H2/b2-1+,5-3-,6-4-,9-7?,13-11+. The number of allylic oxidation sites excluding steroid dienone is 10. The highest BCUT2D eigenvalue weighted by Crippen LogP contribution is 2.02. The van der Waals surface area contributed by atoms with Crippen molar-refractivity contribution in [2.75, 3.05) is 0 Å². The molecule has 1 aliphatic carbocycles. The summed E-state index contributed by atoms with van der Waals surface area (Å²) < 4.78 is 0. The van der Waals surface area contributed by atoms with Gasteiger partial charge >= 0.3 is 0 Å². The van der Waals surface area contributed by atoms with Gasteiger partial charge in [0.25, 0.3) is 0 Å². The van der Waals surface area contributed by atoms with E-state index >= 15 is 0 Å². The Hall–Kier alpha value is -1.30. The van der Waals surface area contributed by atoms with E-state index in [9.17, 15) is 0 Å². The van der Waals surface area contributed by atoms with Gasteiger partial charge in [0.15, 0.2) is 0 Å². The average molecular weight is 185 g/mol.